The van der Waals surface area contributed by atoms with E-state index in [4.69, 9.17) is 9.47 Å². The Kier molecular flexibility index (Phi) is 5.43. The van der Waals surface area contributed by atoms with Gasteiger partial charge in [-0.25, -0.2) is 4.98 Å². The van der Waals surface area contributed by atoms with Crippen LogP contribution in [-0.4, -0.2) is 40.6 Å². The fourth-order valence-electron chi connectivity index (χ4n) is 4.66. The van der Waals surface area contributed by atoms with Crippen molar-refractivity contribution in [2.24, 2.45) is 0 Å². The van der Waals surface area contributed by atoms with Gasteiger partial charge >= 0.3 is 0 Å². The lowest BCUT2D eigenvalue weighted by molar-refractivity contribution is -0.131. The number of carbonyl (C=O) groups is 1. The van der Waals surface area contributed by atoms with Crippen molar-refractivity contribution in [3.8, 4) is 17.2 Å². The minimum Gasteiger partial charge on any atom is -0.495 e. The van der Waals surface area contributed by atoms with Crippen LogP contribution in [0.25, 0.3) is 11.8 Å². The molecule has 2 aromatic carbocycles. The Bertz CT molecular complexity index is 1180. The summed E-state index contributed by atoms with van der Waals surface area (Å²) in [5, 5.41) is 0. The first kappa shape index (κ1) is 20.4. The summed E-state index contributed by atoms with van der Waals surface area (Å²) >= 11 is 0. The van der Waals surface area contributed by atoms with Gasteiger partial charge in [0, 0.05) is 30.3 Å². The molecule has 0 spiro atoms. The smallest absolute Gasteiger partial charge is 0.250 e. The molecule has 6 nitrogen and oxygen atoms in total. The predicted octanol–water partition coefficient (Wildman–Crippen LogP) is 4.72. The molecule has 6 heteroatoms. The summed E-state index contributed by atoms with van der Waals surface area (Å²) in [5.74, 6) is 1.75. The van der Waals surface area contributed by atoms with Crippen LogP contribution in [0.3, 0.4) is 0 Å². The van der Waals surface area contributed by atoms with Crippen LogP contribution in [0.15, 0.2) is 60.6 Å². The molecule has 1 atom stereocenters. The molecule has 3 heterocycles. The second-order valence-corrected chi connectivity index (χ2v) is 8.32. The van der Waals surface area contributed by atoms with E-state index in [1.165, 1.54) is 0 Å². The van der Waals surface area contributed by atoms with Gasteiger partial charge in [-0.2, -0.15) is 0 Å². The SMILES string of the molecule is COc1cc(C=C2CCCN([C@@H]3CCOc4ccccc43)C2=O)ccc1-n1cnc(C)c1. The van der Waals surface area contributed by atoms with Gasteiger partial charge in [0.1, 0.15) is 11.5 Å². The summed E-state index contributed by atoms with van der Waals surface area (Å²) in [6.07, 6.45) is 8.31. The number of imidazole rings is 1. The number of carbonyl (C=O) groups excluding carboxylic acids is 1. The van der Waals surface area contributed by atoms with Crippen molar-refractivity contribution in [1.29, 1.82) is 0 Å². The van der Waals surface area contributed by atoms with Crippen LogP contribution in [0.4, 0.5) is 0 Å². The van der Waals surface area contributed by atoms with Gasteiger partial charge in [-0.3, -0.25) is 4.79 Å². The number of hydrogen-bond acceptors (Lipinski definition) is 4. The minimum atomic E-state index is 0.0672. The predicted molar refractivity (Wildman–Crippen MR) is 123 cm³/mol. The number of piperidine rings is 1. The molecule has 0 unspecified atom stereocenters. The molecule has 2 aliphatic rings. The molecule has 0 bridgehead atoms. The summed E-state index contributed by atoms with van der Waals surface area (Å²) in [7, 11) is 1.66. The zero-order chi connectivity index (χ0) is 22.1. The molecule has 2 aliphatic heterocycles. The molecule has 5 rings (SSSR count). The van der Waals surface area contributed by atoms with Crippen molar-refractivity contribution in [2.75, 3.05) is 20.3 Å². The van der Waals surface area contributed by atoms with E-state index in [-0.39, 0.29) is 11.9 Å². The number of para-hydroxylation sites is 1. The maximum atomic E-state index is 13.5. The highest BCUT2D eigenvalue weighted by Crippen LogP contribution is 2.38. The van der Waals surface area contributed by atoms with E-state index < -0.39 is 0 Å². The zero-order valence-electron chi connectivity index (χ0n) is 18.5. The second kappa shape index (κ2) is 8.54. The number of methoxy groups -OCH3 is 1. The highest BCUT2D eigenvalue weighted by molar-refractivity contribution is 5.99. The largest absolute Gasteiger partial charge is 0.495 e. The fourth-order valence-corrected chi connectivity index (χ4v) is 4.66. The number of likely N-dealkylation sites (tertiary alicyclic amines) is 1. The van der Waals surface area contributed by atoms with Gasteiger partial charge in [-0.1, -0.05) is 24.3 Å². The fraction of sp³-hybridized carbons (Fsp3) is 0.308. The Morgan fingerprint density at radius 3 is 2.91 bits per heavy atom. The first-order valence-corrected chi connectivity index (χ1v) is 11.1. The molecular weight excluding hydrogens is 402 g/mol. The quantitative estimate of drug-likeness (QED) is 0.563. The van der Waals surface area contributed by atoms with Gasteiger partial charge in [0.15, 0.2) is 0 Å². The Labute approximate surface area is 188 Å². The number of nitrogens with zero attached hydrogens (tertiary/aromatic N) is 3. The molecule has 0 aliphatic carbocycles. The Morgan fingerprint density at radius 2 is 2.09 bits per heavy atom. The number of benzene rings is 2. The monoisotopic (exact) mass is 429 g/mol. The molecule has 0 N–H and O–H groups in total. The van der Waals surface area contributed by atoms with Gasteiger partial charge in [-0.05, 0) is 49.6 Å². The standard InChI is InChI=1S/C26H27N3O3/c1-18-16-28(17-27-18)23-10-9-19(15-25(23)31-2)14-20-6-5-12-29(26(20)30)22-11-13-32-24-8-4-3-7-21(22)24/h3-4,7-10,14-17,22H,5-6,11-13H2,1-2H3/t22-/m1/s1. The maximum absolute atomic E-state index is 13.5. The average molecular weight is 430 g/mol. The molecule has 1 aromatic heterocycles. The van der Waals surface area contributed by atoms with E-state index in [9.17, 15) is 4.79 Å². The summed E-state index contributed by atoms with van der Waals surface area (Å²) in [4.78, 5) is 19.8. The van der Waals surface area contributed by atoms with Crippen LogP contribution in [0.2, 0.25) is 0 Å². The molecule has 1 fully saturated rings. The highest BCUT2D eigenvalue weighted by Gasteiger charge is 2.33. The molecule has 0 radical (unpaired) electrons. The van der Waals surface area contributed by atoms with Crippen molar-refractivity contribution in [3.63, 3.8) is 0 Å². The van der Waals surface area contributed by atoms with Crippen molar-refractivity contribution in [3.05, 3.63) is 77.4 Å². The van der Waals surface area contributed by atoms with E-state index in [2.05, 4.69) is 11.1 Å². The summed E-state index contributed by atoms with van der Waals surface area (Å²) in [6.45, 7) is 3.37. The number of rotatable bonds is 4. The normalized spacial score (nSPS) is 19.6. The van der Waals surface area contributed by atoms with E-state index in [1.807, 2.05) is 65.1 Å². The second-order valence-electron chi connectivity index (χ2n) is 8.32. The molecule has 3 aromatic rings. The number of ether oxygens (including phenoxy) is 2. The lowest BCUT2D eigenvalue weighted by atomic mass is 9.94. The van der Waals surface area contributed by atoms with Crippen molar-refractivity contribution in [2.45, 2.75) is 32.2 Å². The van der Waals surface area contributed by atoms with Crippen LogP contribution in [-0.2, 0) is 4.79 Å². The average Bonchev–Trinajstić information content (AvgIpc) is 3.26. The van der Waals surface area contributed by atoms with Crippen LogP contribution in [0.1, 0.15) is 42.1 Å². The van der Waals surface area contributed by atoms with Gasteiger partial charge in [0.05, 0.1) is 37.5 Å². The van der Waals surface area contributed by atoms with Crippen LogP contribution < -0.4 is 9.47 Å². The van der Waals surface area contributed by atoms with Gasteiger partial charge < -0.3 is 18.9 Å². The first-order valence-electron chi connectivity index (χ1n) is 11.1. The lowest BCUT2D eigenvalue weighted by Crippen LogP contribution is -2.41. The summed E-state index contributed by atoms with van der Waals surface area (Å²) in [5.41, 5.74) is 4.77. The first-order chi connectivity index (χ1) is 15.6. The molecule has 1 amide bonds. The third-order valence-corrected chi connectivity index (χ3v) is 6.22. The summed E-state index contributed by atoms with van der Waals surface area (Å²) < 4.78 is 13.4. The Morgan fingerprint density at radius 1 is 1.22 bits per heavy atom. The third-order valence-electron chi connectivity index (χ3n) is 6.22. The van der Waals surface area contributed by atoms with E-state index in [0.29, 0.717) is 6.61 Å². The molecular formula is C26H27N3O3. The maximum Gasteiger partial charge on any atom is 0.250 e. The topological polar surface area (TPSA) is 56.6 Å². The van der Waals surface area contributed by atoms with E-state index in [1.54, 1.807) is 13.4 Å². The molecule has 32 heavy (non-hydrogen) atoms. The van der Waals surface area contributed by atoms with Crippen molar-refractivity contribution in [1.82, 2.24) is 14.5 Å². The van der Waals surface area contributed by atoms with Crippen molar-refractivity contribution < 1.29 is 14.3 Å². The van der Waals surface area contributed by atoms with E-state index in [0.717, 1.165) is 65.4 Å². The number of amides is 1. The van der Waals surface area contributed by atoms with E-state index >= 15 is 0 Å². The highest BCUT2D eigenvalue weighted by atomic mass is 16.5. The Hall–Kier alpha value is -3.54. The van der Waals surface area contributed by atoms with Crippen LogP contribution >= 0.6 is 0 Å². The van der Waals surface area contributed by atoms with Gasteiger partial charge in [0.2, 0.25) is 5.91 Å². The summed E-state index contributed by atoms with van der Waals surface area (Å²) in [6, 6.07) is 14.1. The number of aryl methyl sites for hydroxylation is 1. The number of aromatic nitrogens is 2. The lowest BCUT2D eigenvalue weighted by Gasteiger charge is -2.38. The molecule has 0 saturated carbocycles. The zero-order valence-corrected chi connectivity index (χ0v) is 18.5. The van der Waals surface area contributed by atoms with Gasteiger partial charge in [-0.15, -0.1) is 0 Å². The number of hydrogen-bond donors (Lipinski definition) is 0. The van der Waals surface area contributed by atoms with Crippen LogP contribution in [0.5, 0.6) is 11.5 Å². The third kappa shape index (κ3) is 3.77. The molecule has 164 valence electrons. The van der Waals surface area contributed by atoms with Crippen LogP contribution in [0, 0.1) is 6.92 Å². The molecule has 1 saturated heterocycles. The van der Waals surface area contributed by atoms with Crippen molar-refractivity contribution >= 4 is 12.0 Å². The minimum absolute atomic E-state index is 0.0672. The number of fused-ring (bicyclic) bond motifs is 1. The van der Waals surface area contributed by atoms with Gasteiger partial charge in [0.25, 0.3) is 0 Å². The Balaban J connectivity index is 1.43.